The molecule has 1 amide bonds. The van der Waals surface area contributed by atoms with E-state index in [0.29, 0.717) is 5.56 Å². The third kappa shape index (κ3) is 4.34. The second kappa shape index (κ2) is 9.20. The van der Waals surface area contributed by atoms with Crippen LogP contribution in [0.1, 0.15) is 15.9 Å². The molecule has 160 valence electrons. The van der Waals surface area contributed by atoms with Crippen molar-refractivity contribution >= 4 is 23.0 Å². The SMILES string of the molecule is O=C(c1ccc2c(c1)ncn2-c1ccccc1)N1CCN(C/C=C/c2ccccc2)CC1. The van der Waals surface area contributed by atoms with E-state index in [9.17, 15) is 4.79 Å². The van der Waals surface area contributed by atoms with Crippen molar-refractivity contribution in [1.82, 2.24) is 19.4 Å². The molecule has 1 aliphatic heterocycles. The van der Waals surface area contributed by atoms with E-state index in [1.165, 1.54) is 5.56 Å². The van der Waals surface area contributed by atoms with Gasteiger partial charge in [-0.15, -0.1) is 0 Å². The Morgan fingerprint density at radius 3 is 2.34 bits per heavy atom. The Morgan fingerprint density at radius 1 is 0.875 bits per heavy atom. The first-order valence-electron chi connectivity index (χ1n) is 11.0. The topological polar surface area (TPSA) is 41.4 Å². The minimum absolute atomic E-state index is 0.0839. The van der Waals surface area contributed by atoms with Crippen molar-refractivity contribution in [2.45, 2.75) is 0 Å². The summed E-state index contributed by atoms with van der Waals surface area (Å²) < 4.78 is 2.05. The normalized spacial score (nSPS) is 14.9. The molecule has 1 aliphatic rings. The molecule has 5 nitrogen and oxygen atoms in total. The molecule has 0 saturated carbocycles. The number of amides is 1. The van der Waals surface area contributed by atoms with E-state index < -0.39 is 0 Å². The average molecular weight is 423 g/mol. The van der Waals surface area contributed by atoms with Gasteiger partial charge in [0.05, 0.1) is 11.0 Å². The minimum atomic E-state index is 0.0839. The molecule has 5 rings (SSSR count). The van der Waals surface area contributed by atoms with Crippen molar-refractivity contribution in [3.05, 3.63) is 102 Å². The van der Waals surface area contributed by atoms with Gasteiger partial charge >= 0.3 is 0 Å². The summed E-state index contributed by atoms with van der Waals surface area (Å²) in [5.41, 5.74) is 4.82. The van der Waals surface area contributed by atoms with Crippen LogP contribution in [0.4, 0.5) is 0 Å². The fourth-order valence-electron chi connectivity index (χ4n) is 4.16. The highest BCUT2D eigenvalue weighted by atomic mass is 16.2. The molecule has 4 aromatic rings. The number of fused-ring (bicyclic) bond motifs is 1. The van der Waals surface area contributed by atoms with Crippen molar-refractivity contribution in [3.8, 4) is 5.69 Å². The monoisotopic (exact) mass is 422 g/mol. The van der Waals surface area contributed by atoms with Crippen molar-refractivity contribution in [2.24, 2.45) is 0 Å². The van der Waals surface area contributed by atoms with Crippen LogP contribution >= 0.6 is 0 Å². The molecule has 0 atom stereocenters. The number of rotatable bonds is 5. The van der Waals surface area contributed by atoms with Gasteiger partial charge in [-0.25, -0.2) is 4.98 Å². The van der Waals surface area contributed by atoms with E-state index in [-0.39, 0.29) is 5.91 Å². The summed E-state index contributed by atoms with van der Waals surface area (Å²) in [6, 6.07) is 26.3. The van der Waals surface area contributed by atoms with E-state index in [1.807, 2.05) is 70.4 Å². The highest BCUT2D eigenvalue weighted by Gasteiger charge is 2.22. The zero-order valence-electron chi connectivity index (χ0n) is 18.0. The Morgan fingerprint density at radius 2 is 1.59 bits per heavy atom. The Labute approximate surface area is 188 Å². The molecular formula is C27H26N4O. The average Bonchev–Trinajstić information content (AvgIpc) is 3.29. The first-order chi connectivity index (χ1) is 15.8. The zero-order chi connectivity index (χ0) is 21.8. The Hall–Kier alpha value is -3.70. The predicted molar refractivity (Wildman–Crippen MR) is 129 cm³/mol. The second-order valence-corrected chi connectivity index (χ2v) is 8.06. The Balaban J connectivity index is 1.21. The molecule has 0 bridgehead atoms. The molecule has 0 radical (unpaired) electrons. The van der Waals surface area contributed by atoms with E-state index in [1.54, 1.807) is 0 Å². The van der Waals surface area contributed by atoms with Crippen molar-refractivity contribution in [1.29, 1.82) is 0 Å². The summed E-state index contributed by atoms with van der Waals surface area (Å²) in [5, 5.41) is 0. The quantitative estimate of drug-likeness (QED) is 0.476. The number of nitrogens with zero attached hydrogens (tertiary/aromatic N) is 4. The maximum Gasteiger partial charge on any atom is 0.254 e. The van der Waals surface area contributed by atoms with E-state index in [0.717, 1.165) is 49.4 Å². The molecule has 32 heavy (non-hydrogen) atoms. The number of hydrogen-bond donors (Lipinski definition) is 0. The lowest BCUT2D eigenvalue weighted by atomic mass is 10.1. The van der Waals surface area contributed by atoms with Crippen LogP contribution in [0.2, 0.25) is 0 Å². The van der Waals surface area contributed by atoms with E-state index >= 15 is 0 Å². The lowest BCUT2D eigenvalue weighted by molar-refractivity contribution is 0.0650. The minimum Gasteiger partial charge on any atom is -0.336 e. The number of piperazine rings is 1. The number of aromatic nitrogens is 2. The number of carbonyl (C=O) groups is 1. The Bertz CT molecular complexity index is 1220. The second-order valence-electron chi connectivity index (χ2n) is 8.06. The number of para-hydroxylation sites is 1. The largest absolute Gasteiger partial charge is 0.336 e. The highest BCUT2D eigenvalue weighted by molar-refractivity contribution is 5.97. The highest BCUT2D eigenvalue weighted by Crippen LogP contribution is 2.20. The smallest absolute Gasteiger partial charge is 0.254 e. The maximum absolute atomic E-state index is 13.1. The van der Waals surface area contributed by atoms with Crippen LogP contribution in [0.15, 0.2) is 91.3 Å². The lowest BCUT2D eigenvalue weighted by Crippen LogP contribution is -2.48. The van der Waals surface area contributed by atoms with Crippen LogP contribution in [0, 0.1) is 0 Å². The van der Waals surface area contributed by atoms with Crippen molar-refractivity contribution < 1.29 is 4.79 Å². The van der Waals surface area contributed by atoms with Gasteiger partial charge in [-0.1, -0.05) is 60.7 Å². The van der Waals surface area contributed by atoms with Crippen LogP contribution < -0.4 is 0 Å². The molecular weight excluding hydrogens is 396 g/mol. The fourth-order valence-corrected chi connectivity index (χ4v) is 4.16. The third-order valence-electron chi connectivity index (χ3n) is 5.96. The van der Waals surface area contributed by atoms with Crippen LogP contribution in [0.5, 0.6) is 0 Å². The van der Waals surface area contributed by atoms with Gasteiger partial charge in [0, 0.05) is 44.0 Å². The summed E-state index contributed by atoms with van der Waals surface area (Å²) >= 11 is 0. The fraction of sp³-hybridized carbons (Fsp3) is 0.185. The maximum atomic E-state index is 13.1. The van der Waals surface area contributed by atoms with Gasteiger partial charge in [-0.3, -0.25) is 14.3 Å². The standard InChI is InChI=1S/C27H26N4O/c32-27(30-18-16-29(17-19-30)15-7-10-22-8-3-1-4-9-22)23-13-14-26-25(20-23)28-21-31(26)24-11-5-2-6-12-24/h1-14,20-21H,15-19H2/b10-7+. The van der Waals surface area contributed by atoms with Crippen LogP contribution in [0.25, 0.3) is 22.8 Å². The van der Waals surface area contributed by atoms with Gasteiger partial charge < -0.3 is 4.90 Å². The van der Waals surface area contributed by atoms with Crippen LogP contribution in [-0.4, -0.2) is 58.0 Å². The first kappa shape index (κ1) is 20.2. The molecule has 2 heterocycles. The predicted octanol–water partition coefficient (Wildman–Crippen LogP) is 4.50. The number of imidazole rings is 1. The molecule has 5 heteroatoms. The molecule has 0 aliphatic carbocycles. The molecule has 1 fully saturated rings. The van der Waals surface area contributed by atoms with Gasteiger partial charge in [-0.2, -0.15) is 0 Å². The third-order valence-corrected chi connectivity index (χ3v) is 5.96. The first-order valence-corrected chi connectivity index (χ1v) is 11.0. The van der Waals surface area contributed by atoms with Gasteiger partial charge in [0.2, 0.25) is 0 Å². The van der Waals surface area contributed by atoms with Crippen LogP contribution in [0.3, 0.4) is 0 Å². The van der Waals surface area contributed by atoms with Crippen LogP contribution in [-0.2, 0) is 0 Å². The molecule has 0 spiro atoms. The van der Waals surface area contributed by atoms with Gasteiger partial charge in [0.25, 0.3) is 5.91 Å². The Kier molecular flexibility index (Phi) is 5.81. The molecule has 3 aromatic carbocycles. The van der Waals surface area contributed by atoms with E-state index in [2.05, 4.69) is 46.3 Å². The molecule has 1 saturated heterocycles. The van der Waals surface area contributed by atoms with Gasteiger partial charge in [0.1, 0.15) is 6.33 Å². The van der Waals surface area contributed by atoms with Crippen molar-refractivity contribution in [2.75, 3.05) is 32.7 Å². The van der Waals surface area contributed by atoms with Gasteiger partial charge in [-0.05, 0) is 35.9 Å². The van der Waals surface area contributed by atoms with Crippen molar-refractivity contribution in [3.63, 3.8) is 0 Å². The van der Waals surface area contributed by atoms with E-state index in [4.69, 9.17) is 0 Å². The summed E-state index contributed by atoms with van der Waals surface area (Å²) in [5.74, 6) is 0.0839. The molecule has 1 aromatic heterocycles. The van der Waals surface area contributed by atoms with Gasteiger partial charge in [0.15, 0.2) is 0 Å². The zero-order valence-corrected chi connectivity index (χ0v) is 18.0. The lowest BCUT2D eigenvalue weighted by Gasteiger charge is -2.34. The molecule has 0 N–H and O–H groups in total. The molecule has 0 unspecified atom stereocenters. The number of benzene rings is 3. The summed E-state index contributed by atoms with van der Waals surface area (Å²) in [7, 11) is 0. The summed E-state index contributed by atoms with van der Waals surface area (Å²) in [6.45, 7) is 4.16. The number of hydrogen-bond acceptors (Lipinski definition) is 3. The summed E-state index contributed by atoms with van der Waals surface area (Å²) in [6.07, 6.45) is 6.17. The summed E-state index contributed by atoms with van der Waals surface area (Å²) in [4.78, 5) is 21.9. The number of carbonyl (C=O) groups excluding carboxylic acids is 1.